The summed E-state index contributed by atoms with van der Waals surface area (Å²) in [4.78, 5) is 22.8. The van der Waals surface area contributed by atoms with Gasteiger partial charge in [-0.05, 0) is 90.2 Å². The van der Waals surface area contributed by atoms with Crippen molar-refractivity contribution in [1.82, 2.24) is 0 Å². The maximum Gasteiger partial charge on any atom is 0.309 e. The monoisotopic (exact) mass is 594 g/mol. The molecule has 1 aromatic carbocycles. The molecule has 0 aliphatic carbocycles. The molecule has 6 nitrogen and oxygen atoms in total. The first kappa shape index (κ1) is 33.0. The summed E-state index contributed by atoms with van der Waals surface area (Å²) in [5, 5.41) is 18.9. The van der Waals surface area contributed by atoms with Crippen LogP contribution in [-0.2, 0) is 31.2 Å². The number of unbranched alkanes of at least 4 members (excludes halogenated alkanes) is 2. The van der Waals surface area contributed by atoms with Gasteiger partial charge in [0.2, 0.25) is 0 Å². The fraction of sp³-hybridized carbons (Fsp3) is 0.750. The quantitative estimate of drug-likeness (QED) is 0.214. The van der Waals surface area contributed by atoms with Crippen molar-refractivity contribution in [3.63, 3.8) is 0 Å². The molecule has 0 spiro atoms. The molecule has 2 heterocycles. The molecule has 2 aliphatic rings. The van der Waals surface area contributed by atoms with E-state index in [1.54, 1.807) is 27.7 Å². The number of benzene rings is 1. The Balaban J connectivity index is 1.63. The minimum absolute atomic E-state index is 0.0407. The molecular formula is C32H50O6S2. The van der Waals surface area contributed by atoms with Crippen molar-refractivity contribution < 1.29 is 28.2 Å². The summed E-state index contributed by atoms with van der Waals surface area (Å²) in [6, 6.07) is 8.23. The molecule has 2 N–H and O–H groups in total. The van der Waals surface area contributed by atoms with Gasteiger partial charge in [0.25, 0.3) is 0 Å². The fourth-order valence-corrected chi connectivity index (χ4v) is 10.5. The van der Waals surface area contributed by atoms with E-state index in [-0.39, 0.29) is 21.0 Å². The Morgan fingerprint density at radius 3 is 1.43 bits per heavy atom. The molecule has 2 aliphatic heterocycles. The number of aliphatic carboxylic acids is 2. The van der Waals surface area contributed by atoms with Crippen LogP contribution in [0, 0.1) is 10.8 Å². The first-order chi connectivity index (χ1) is 18.8. The third kappa shape index (κ3) is 8.50. The van der Waals surface area contributed by atoms with Crippen LogP contribution < -0.4 is 0 Å². The molecule has 8 heteroatoms. The van der Waals surface area contributed by atoms with Crippen molar-refractivity contribution in [2.24, 2.45) is 10.8 Å². The van der Waals surface area contributed by atoms with E-state index >= 15 is 0 Å². The fourth-order valence-electron chi connectivity index (χ4n) is 6.26. The van der Waals surface area contributed by atoms with Crippen LogP contribution >= 0.6 is 0 Å². The van der Waals surface area contributed by atoms with E-state index in [1.165, 1.54) is 0 Å². The van der Waals surface area contributed by atoms with Gasteiger partial charge in [-0.15, -0.1) is 0 Å². The summed E-state index contributed by atoms with van der Waals surface area (Å²) in [6.07, 6.45) is 12.1. The first-order valence-corrected chi connectivity index (χ1v) is 17.7. The molecule has 3 rings (SSSR count). The normalized spacial score (nSPS) is 27.8. The molecule has 2 saturated heterocycles. The van der Waals surface area contributed by atoms with Crippen LogP contribution in [0.4, 0.5) is 0 Å². The zero-order valence-electron chi connectivity index (χ0n) is 24.9. The minimum atomic E-state index is -1.02. The summed E-state index contributed by atoms with van der Waals surface area (Å²) in [7, 11) is -2.03. The number of hydrogen-bond acceptors (Lipinski definition) is 4. The highest BCUT2D eigenvalue weighted by molar-refractivity contribution is 7.86. The smallest absolute Gasteiger partial charge is 0.309 e. The van der Waals surface area contributed by atoms with Gasteiger partial charge in [-0.3, -0.25) is 18.0 Å². The van der Waals surface area contributed by atoms with Crippen LogP contribution in [0.2, 0.25) is 0 Å². The lowest BCUT2D eigenvalue weighted by atomic mass is 9.87. The average molecular weight is 595 g/mol. The summed E-state index contributed by atoms with van der Waals surface area (Å²) < 4.78 is 27.6. The van der Waals surface area contributed by atoms with E-state index in [0.29, 0.717) is 12.8 Å². The summed E-state index contributed by atoms with van der Waals surface area (Å²) >= 11 is 0. The molecule has 6 atom stereocenters. The second-order valence-electron chi connectivity index (χ2n) is 13.2. The van der Waals surface area contributed by atoms with E-state index in [1.807, 2.05) is 12.1 Å². The van der Waals surface area contributed by atoms with Crippen molar-refractivity contribution in [3.8, 4) is 0 Å². The maximum atomic E-state index is 13.8. The highest BCUT2D eigenvalue weighted by atomic mass is 32.2. The largest absolute Gasteiger partial charge is 0.481 e. The Morgan fingerprint density at radius 1 is 0.700 bits per heavy atom. The van der Waals surface area contributed by atoms with Gasteiger partial charge in [0, 0.05) is 32.1 Å². The Bertz CT molecular complexity index is 982. The number of carboxylic acid groups (broad SMARTS) is 2. The number of carboxylic acids is 2. The van der Waals surface area contributed by atoms with E-state index in [0.717, 1.165) is 88.2 Å². The van der Waals surface area contributed by atoms with Gasteiger partial charge in [0.1, 0.15) is 0 Å². The van der Waals surface area contributed by atoms with Crippen molar-refractivity contribution in [2.75, 3.05) is 0 Å². The highest BCUT2D eigenvalue weighted by Gasteiger charge is 2.37. The topological polar surface area (TPSA) is 109 Å². The molecule has 0 bridgehead atoms. The molecular weight excluding hydrogens is 544 g/mol. The molecule has 2 fully saturated rings. The molecule has 226 valence electrons. The van der Waals surface area contributed by atoms with Gasteiger partial charge in [0.05, 0.1) is 21.3 Å². The van der Waals surface area contributed by atoms with Gasteiger partial charge < -0.3 is 10.2 Å². The van der Waals surface area contributed by atoms with E-state index in [2.05, 4.69) is 12.1 Å². The van der Waals surface area contributed by atoms with Crippen molar-refractivity contribution >= 4 is 33.5 Å². The second-order valence-corrected chi connectivity index (χ2v) is 17.0. The SMILES string of the molecule is CC(C)(CCCCC1CCCC(c2ccccc2C2CCCC(CCCCC(C)(C)C(=O)O)S2=O)S1=O)C(=O)O. The zero-order valence-corrected chi connectivity index (χ0v) is 26.5. The van der Waals surface area contributed by atoms with Crippen LogP contribution in [0.3, 0.4) is 0 Å². The minimum Gasteiger partial charge on any atom is -0.481 e. The van der Waals surface area contributed by atoms with Gasteiger partial charge in [-0.2, -0.15) is 0 Å². The van der Waals surface area contributed by atoms with Crippen molar-refractivity contribution in [3.05, 3.63) is 35.4 Å². The lowest BCUT2D eigenvalue weighted by Gasteiger charge is -2.34. The van der Waals surface area contributed by atoms with Crippen LogP contribution in [0.25, 0.3) is 0 Å². The molecule has 0 radical (unpaired) electrons. The van der Waals surface area contributed by atoms with Gasteiger partial charge in [-0.1, -0.05) is 62.8 Å². The lowest BCUT2D eigenvalue weighted by Crippen LogP contribution is -2.30. The standard InChI is InChI=1S/C32H50O6S2/c1-31(2,29(33)34)21-9-7-13-23-15-11-19-27(39(23)37)25-17-5-6-18-26(25)28-20-12-16-24(40(28)38)14-8-10-22-32(3,4)30(35)36/h5-6,17-18,23-24,27-28H,7-16,19-22H2,1-4H3,(H,33,34)(H,35,36). The summed E-state index contributed by atoms with van der Waals surface area (Å²) in [5.41, 5.74) is 0.769. The highest BCUT2D eigenvalue weighted by Crippen LogP contribution is 2.43. The average Bonchev–Trinajstić information content (AvgIpc) is 2.90. The van der Waals surface area contributed by atoms with Gasteiger partial charge in [-0.25, -0.2) is 0 Å². The Morgan fingerprint density at radius 2 is 1.07 bits per heavy atom. The number of hydrogen-bond donors (Lipinski definition) is 2. The number of rotatable bonds is 14. The molecule has 0 amide bonds. The van der Waals surface area contributed by atoms with E-state index in [4.69, 9.17) is 0 Å². The molecule has 1 aromatic rings. The molecule has 6 unspecified atom stereocenters. The maximum absolute atomic E-state index is 13.8. The van der Waals surface area contributed by atoms with Crippen molar-refractivity contribution in [2.45, 2.75) is 139 Å². The first-order valence-electron chi connectivity index (χ1n) is 15.2. The van der Waals surface area contributed by atoms with Gasteiger partial charge >= 0.3 is 11.9 Å². The third-order valence-corrected chi connectivity index (χ3v) is 13.6. The zero-order chi connectivity index (χ0) is 29.5. The second kappa shape index (κ2) is 14.6. The van der Waals surface area contributed by atoms with Crippen LogP contribution in [0.5, 0.6) is 0 Å². The Kier molecular flexibility index (Phi) is 12.0. The number of carbonyl (C=O) groups is 2. The Labute approximate surface area is 246 Å². The van der Waals surface area contributed by atoms with E-state index in [9.17, 15) is 28.2 Å². The van der Waals surface area contributed by atoms with Gasteiger partial charge in [0.15, 0.2) is 0 Å². The third-order valence-electron chi connectivity index (χ3n) is 9.21. The Hall–Kier alpha value is -1.54. The van der Waals surface area contributed by atoms with Crippen molar-refractivity contribution in [1.29, 1.82) is 0 Å². The van der Waals surface area contributed by atoms with Crippen LogP contribution in [0.1, 0.15) is 139 Å². The van der Waals surface area contributed by atoms with Crippen LogP contribution in [-0.4, -0.2) is 41.1 Å². The molecule has 0 aromatic heterocycles. The predicted octanol–water partition coefficient (Wildman–Crippen LogP) is 7.71. The molecule has 40 heavy (non-hydrogen) atoms. The summed E-state index contributed by atoms with van der Waals surface area (Å²) in [5.74, 6) is -1.54. The predicted molar refractivity (Wildman–Crippen MR) is 163 cm³/mol. The lowest BCUT2D eigenvalue weighted by molar-refractivity contribution is -0.148. The van der Waals surface area contributed by atoms with Crippen LogP contribution in [0.15, 0.2) is 24.3 Å². The summed E-state index contributed by atoms with van der Waals surface area (Å²) in [6.45, 7) is 7.06. The molecule has 0 saturated carbocycles. The van der Waals surface area contributed by atoms with E-state index < -0.39 is 44.4 Å².